The van der Waals surface area contributed by atoms with Crippen molar-refractivity contribution in [3.63, 3.8) is 0 Å². The smallest absolute Gasteiger partial charge is 0.00499 e. The van der Waals surface area contributed by atoms with Crippen molar-refractivity contribution in [3.05, 3.63) is 0 Å². The van der Waals surface area contributed by atoms with Gasteiger partial charge in [-0.05, 0) is 37.3 Å². The predicted molar refractivity (Wildman–Crippen MR) is 78.5 cm³/mol. The third-order valence-corrected chi connectivity index (χ3v) is 3.88. The summed E-state index contributed by atoms with van der Waals surface area (Å²) in [7, 11) is 0. The molecule has 2 heteroatoms. The van der Waals surface area contributed by atoms with Crippen LogP contribution in [0.15, 0.2) is 0 Å². The fourth-order valence-electron chi connectivity index (χ4n) is 2.47. The van der Waals surface area contributed by atoms with Crippen LogP contribution in [0.3, 0.4) is 0 Å². The zero-order valence-corrected chi connectivity index (χ0v) is 13.0. The second-order valence-corrected chi connectivity index (χ2v) is 5.71. The topological polar surface area (TPSA) is 15.3 Å². The van der Waals surface area contributed by atoms with Crippen molar-refractivity contribution in [2.45, 2.75) is 54.4 Å². The highest BCUT2D eigenvalue weighted by molar-refractivity contribution is 4.83. The van der Waals surface area contributed by atoms with Crippen LogP contribution in [-0.2, 0) is 0 Å². The van der Waals surface area contributed by atoms with E-state index in [1.165, 1.54) is 32.5 Å². The van der Waals surface area contributed by atoms with Gasteiger partial charge in [-0.15, -0.1) is 0 Å². The van der Waals surface area contributed by atoms with Gasteiger partial charge in [0.15, 0.2) is 0 Å². The molecule has 0 amide bonds. The minimum absolute atomic E-state index is 0.459. The normalized spacial score (nSPS) is 12.7. The Bertz CT molecular complexity index is 174. The minimum Gasteiger partial charge on any atom is -0.316 e. The molecule has 17 heavy (non-hydrogen) atoms. The minimum atomic E-state index is 0.459. The van der Waals surface area contributed by atoms with Gasteiger partial charge in [0.2, 0.25) is 0 Å². The zero-order valence-electron chi connectivity index (χ0n) is 13.0. The Labute approximate surface area is 109 Å². The van der Waals surface area contributed by atoms with Crippen LogP contribution in [0.5, 0.6) is 0 Å². The van der Waals surface area contributed by atoms with E-state index in [4.69, 9.17) is 0 Å². The second kappa shape index (κ2) is 8.93. The fraction of sp³-hybridized carbons (Fsp3) is 1.00. The summed E-state index contributed by atoms with van der Waals surface area (Å²) in [4.78, 5) is 2.62. The lowest BCUT2D eigenvalue weighted by molar-refractivity contribution is 0.129. The molecule has 0 atom stereocenters. The van der Waals surface area contributed by atoms with Crippen molar-refractivity contribution < 1.29 is 0 Å². The Hall–Kier alpha value is -0.0800. The third-order valence-electron chi connectivity index (χ3n) is 3.88. The van der Waals surface area contributed by atoms with Gasteiger partial charge in [0, 0.05) is 19.6 Å². The number of nitrogens with one attached hydrogen (secondary N) is 1. The van der Waals surface area contributed by atoms with Gasteiger partial charge in [0.05, 0.1) is 0 Å². The molecule has 2 nitrogen and oxygen atoms in total. The maximum atomic E-state index is 3.55. The van der Waals surface area contributed by atoms with Gasteiger partial charge >= 0.3 is 0 Å². The Morgan fingerprint density at radius 3 is 2.00 bits per heavy atom. The van der Waals surface area contributed by atoms with Crippen LogP contribution in [0.1, 0.15) is 54.4 Å². The van der Waals surface area contributed by atoms with Gasteiger partial charge in [-0.2, -0.15) is 0 Å². The maximum absolute atomic E-state index is 3.55. The molecule has 0 saturated heterocycles. The number of hydrogen-bond donors (Lipinski definition) is 1. The molecule has 0 aliphatic rings. The number of nitrogens with zero attached hydrogens (tertiary/aromatic N) is 1. The van der Waals surface area contributed by atoms with E-state index >= 15 is 0 Å². The molecule has 0 aromatic heterocycles. The molecule has 0 bridgehead atoms. The zero-order chi connectivity index (χ0) is 13.3. The first-order valence-electron chi connectivity index (χ1n) is 7.46. The first-order chi connectivity index (χ1) is 8.03. The summed E-state index contributed by atoms with van der Waals surface area (Å²) in [5.41, 5.74) is 0.459. The lowest BCUT2D eigenvalue weighted by atomic mass is 9.81. The summed E-state index contributed by atoms with van der Waals surface area (Å²) >= 11 is 0. The monoisotopic (exact) mass is 242 g/mol. The Balaban J connectivity index is 4.47. The molecule has 0 spiro atoms. The Morgan fingerprint density at radius 1 is 1.06 bits per heavy atom. The Morgan fingerprint density at radius 2 is 1.65 bits per heavy atom. The van der Waals surface area contributed by atoms with Crippen molar-refractivity contribution in [2.75, 3.05) is 32.7 Å². The molecule has 0 fully saturated rings. The second-order valence-electron chi connectivity index (χ2n) is 5.71. The van der Waals surface area contributed by atoms with E-state index in [1.807, 2.05) is 0 Å². The van der Waals surface area contributed by atoms with Crippen LogP contribution in [0, 0.1) is 11.3 Å². The average molecular weight is 242 g/mol. The quantitative estimate of drug-likeness (QED) is 0.632. The van der Waals surface area contributed by atoms with E-state index in [0.717, 1.165) is 19.0 Å². The van der Waals surface area contributed by atoms with Crippen LogP contribution >= 0.6 is 0 Å². The molecule has 1 N–H and O–H groups in total. The average Bonchev–Trinajstić information content (AvgIpc) is 2.33. The summed E-state index contributed by atoms with van der Waals surface area (Å²) in [6, 6.07) is 0. The maximum Gasteiger partial charge on any atom is 0.00499 e. The standard InChI is InChI=1S/C15H34N2/c1-7-15(8-2,12-16-9-3)13-17(10-4)11-14(5)6/h14,16H,7-13H2,1-6H3. The van der Waals surface area contributed by atoms with Gasteiger partial charge in [-0.3, -0.25) is 0 Å². The molecule has 104 valence electrons. The molecule has 0 aromatic carbocycles. The van der Waals surface area contributed by atoms with E-state index in [2.05, 4.69) is 51.8 Å². The van der Waals surface area contributed by atoms with Crippen LogP contribution in [0.25, 0.3) is 0 Å². The van der Waals surface area contributed by atoms with Gasteiger partial charge in [-0.1, -0.05) is 41.5 Å². The van der Waals surface area contributed by atoms with Gasteiger partial charge in [0.1, 0.15) is 0 Å². The van der Waals surface area contributed by atoms with Crippen LogP contribution in [-0.4, -0.2) is 37.6 Å². The molecule has 0 unspecified atom stereocenters. The number of hydrogen-bond acceptors (Lipinski definition) is 2. The Kier molecular flexibility index (Phi) is 8.89. The molecule has 0 aliphatic carbocycles. The van der Waals surface area contributed by atoms with Crippen LogP contribution in [0.4, 0.5) is 0 Å². The molecular weight excluding hydrogens is 208 g/mol. The van der Waals surface area contributed by atoms with Crippen molar-refractivity contribution >= 4 is 0 Å². The molecule has 0 aromatic rings. The molecule has 0 saturated carbocycles. The first kappa shape index (κ1) is 16.9. The van der Waals surface area contributed by atoms with E-state index in [-0.39, 0.29) is 0 Å². The highest BCUT2D eigenvalue weighted by Crippen LogP contribution is 2.27. The van der Waals surface area contributed by atoms with E-state index in [0.29, 0.717) is 5.41 Å². The molecule has 0 heterocycles. The van der Waals surface area contributed by atoms with E-state index in [1.54, 1.807) is 0 Å². The van der Waals surface area contributed by atoms with Crippen LogP contribution in [0.2, 0.25) is 0 Å². The summed E-state index contributed by atoms with van der Waals surface area (Å²) < 4.78 is 0. The SMILES string of the molecule is CCNCC(CC)(CC)CN(CC)CC(C)C. The number of rotatable bonds is 10. The van der Waals surface area contributed by atoms with Gasteiger partial charge in [-0.25, -0.2) is 0 Å². The fourth-order valence-corrected chi connectivity index (χ4v) is 2.47. The molecular formula is C15H34N2. The van der Waals surface area contributed by atoms with E-state index in [9.17, 15) is 0 Å². The summed E-state index contributed by atoms with van der Waals surface area (Å²) in [5, 5.41) is 3.55. The first-order valence-corrected chi connectivity index (χ1v) is 7.46. The van der Waals surface area contributed by atoms with Crippen molar-refractivity contribution in [3.8, 4) is 0 Å². The van der Waals surface area contributed by atoms with Crippen LogP contribution < -0.4 is 5.32 Å². The third kappa shape index (κ3) is 6.42. The molecule has 0 aliphatic heterocycles. The van der Waals surface area contributed by atoms with Crippen molar-refractivity contribution in [1.29, 1.82) is 0 Å². The summed E-state index contributed by atoms with van der Waals surface area (Å²) in [5.74, 6) is 0.764. The predicted octanol–water partition coefficient (Wildman–Crippen LogP) is 3.38. The highest BCUT2D eigenvalue weighted by atomic mass is 15.1. The lowest BCUT2D eigenvalue weighted by Gasteiger charge is -2.38. The van der Waals surface area contributed by atoms with E-state index < -0.39 is 0 Å². The summed E-state index contributed by atoms with van der Waals surface area (Å²) in [6.45, 7) is 19.7. The molecule has 0 rings (SSSR count). The van der Waals surface area contributed by atoms with Gasteiger partial charge in [0.25, 0.3) is 0 Å². The largest absolute Gasteiger partial charge is 0.316 e. The lowest BCUT2D eigenvalue weighted by Crippen LogP contribution is -2.44. The van der Waals surface area contributed by atoms with Crippen molar-refractivity contribution in [2.24, 2.45) is 11.3 Å². The van der Waals surface area contributed by atoms with Gasteiger partial charge < -0.3 is 10.2 Å². The molecule has 0 radical (unpaired) electrons. The highest BCUT2D eigenvalue weighted by Gasteiger charge is 2.27. The summed E-state index contributed by atoms with van der Waals surface area (Å²) in [6.07, 6.45) is 2.54. The van der Waals surface area contributed by atoms with Crippen molar-refractivity contribution in [1.82, 2.24) is 10.2 Å².